The highest BCUT2D eigenvalue weighted by atomic mass is 35.5. The molecule has 0 saturated carbocycles. The van der Waals surface area contributed by atoms with Crippen LogP contribution in [0.3, 0.4) is 0 Å². The number of nitrogens with zero attached hydrogens (tertiary/aromatic N) is 1. The van der Waals surface area contributed by atoms with Crippen LogP contribution >= 0.6 is 34.5 Å². The molecule has 0 aliphatic heterocycles. The first-order valence-electron chi connectivity index (χ1n) is 7.98. The first-order valence-corrected chi connectivity index (χ1v) is 9.61. The molecule has 2 aromatic carbocycles. The van der Waals surface area contributed by atoms with Gasteiger partial charge in [0.15, 0.2) is 5.13 Å². The molecular formula is C19H15Cl2N3O2S. The fraction of sp³-hybridized carbons (Fsp3) is 0.105. The zero-order chi connectivity index (χ0) is 19.4. The van der Waals surface area contributed by atoms with Crippen LogP contribution in [-0.2, 0) is 16.0 Å². The summed E-state index contributed by atoms with van der Waals surface area (Å²) in [7, 11) is 0. The number of hydrogen-bond acceptors (Lipinski definition) is 4. The molecule has 0 fully saturated rings. The van der Waals surface area contributed by atoms with E-state index in [1.807, 2.05) is 5.38 Å². The maximum Gasteiger partial charge on any atom is 0.230 e. The van der Waals surface area contributed by atoms with Gasteiger partial charge in [-0.2, -0.15) is 0 Å². The number of carbonyl (C=O) groups excluding carboxylic acids is 2. The van der Waals surface area contributed by atoms with Crippen molar-refractivity contribution in [1.29, 1.82) is 0 Å². The van der Waals surface area contributed by atoms with Crippen molar-refractivity contribution >= 4 is 57.2 Å². The van der Waals surface area contributed by atoms with E-state index in [4.69, 9.17) is 23.2 Å². The quantitative estimate of drug-likeness (QED) is 0.592. The van der Waals surface area contributed by atoms with Gasteiger partial charge in [-0.3, -0.25) is 9.59 Å². The van der Waals surface area contributed by atoms with Crippen molar-refractivity contribution in [2.24, 2.45) is 0 Å². The maximum atomic E-state index is 12.2. The van der Waals surface area contributed by atoms with Crippen molar-refractivity contribution in [2.75, 3.05) is 10.6 Å². The number of nitrogens with one attached hydrogen (secondary N) is 2. The number of amides is 2. The molecule has 2 amide bonds. The Labute approximate surface area is 170 Å². The van der Waals surface area contributed by atoms with E-state index in [0.717, 1.165) is 11.1 Å². The molecule has 0 atom stereocenters. The van der Waals surface area contributed by atoms with Crippen molar-refractivity contribution in [3.05, 3.63) is 63.5 Å². The summed E-state index contributed by atoms with van der Waals surface area (Å²) in [5, 5.41) is 8.85. The van der Waals surface area contributed by atoms with Gasteiger partial charge in [0.25, 0.3) is 0 Å². The summed E-state index contributed by atoms with van der Waals surface area (Å²) in [5.41, 5.74) is 2.96. The third-order valence-corrected chi connectivity index (χ3v) is 4.90. The van der Waals surface area contributed by atoms with Crippen molar-refractivity contribution in [2.45, 2.75) is 13.3 Å². The maximum absolute atomic E-state index is 12.2. The van der Waals surface area contributed by atoms with Gasteiger partial charge in [0.05, 0.1) is 17.1 Å². The lowest BCUT2D eigenvalue weighted by Crippen LogP contribution is -2.14. The van der Waals surface area contributed by atoms with Gasteiger partial charge in [0.2, 0.25) is 11.8 Å². The van der Waals surface area contributed by atoms with E-state index < -0.39 is 0 Å². The fourth-order valence-electron chi connectivity index (χ4n) is 2.41. The van der Waals surface area contributed by atoms with Crippen LogP contribution in [-0.4, -0.2) is 16.8 Å². The van der Waals surface area contributed by atoms with Crippen LogP contribution in [0.5, 0.6) is 0 Å². The second-order valence-corrected chi connectivity index (χ2v) is 7.47. The minimum Gasteiger partial charge on any atom is -0.326 e. The topological polar surface area (TPSA) is 71.1 Å². The zero-order valence-electron chi connectivity index (χ0n) is 14.3. The number of thiazole rings is 1. The van der Waals surface area contributed by atoms with Crippen LogP contribution in [0.15, 0.2) is 47.8 Å². The smallest absolute Gasteiger partial charge is 0.230 e. The molecule has 3 aromatic rings. The highest BCUT2D eigenvalue weighted by molar-refractivity contribution is 7.14. The molecule has 0 saturated heterocycles. The average molecular weight is 420 g/mol. The lowest BCUT2D eigenvalue weighted by molar-refractivity contribution is -0.116. The van der Waals surface area contributed by atoms with Gasteiger partial charge in [-0.1, -0.05) is 35.3 Å². The van der Waals surface area contributed by atoms with Gasteiger partial charge in [0.1, 0.15) is 0 Å². The van der Waals surface area contributed by atoms with E-state index in [0.29, 0.717) is 26.6 Å². The molecule has 3 rings (SSSR count). The van der Waals surface area contributed by atoms with Crippen LogP contribution in [0.4, 0.5) is 10.8 Å². The largest absolute Gasteiger partial charge is 0.326 e. The SMILES string of the molecule is CC(=O)Nc1ccc(CC(=O)Nc2nc(-c3ccc(Cl)cc3Cl)cs2)cc1. The second-order valence-electron chi connectivity index (χ2n) is 5.77. The van der Waals surface area contributed by atoms with Gasteiger partial charge in [-0.15, -0.1) is 11.3 Å². The summed E-state index contributed by atoms with van der Waals surface area (Å²) in [6.07, 6.45) is 0.205. The van der Waals surface area contributed by atoms with Crippen LogP contribution in [0.2, 0.25) is 10.0 Å². The van der Waals surface area contributed by atoms with Crippen molar-refractivity contribution in [3.63, 3.8) is 0 Å². The molecule has 8 heteroatoms. The summed E-state index contributed by atoms with van der Waals surface area (Å²) in [6.45, 7) is 1.45. The number of benzene rings is 2. The molecule has 5 nitrogen and oxygen atoms in total. The molecule has 1 aromatic heterocycles. The van der Waals surface area contributed by atoms with E-state index in [2.05, 4.69) is 15.6 Å². The van der Waals surface area contributed by atoms with Crippen molar-refractivity contribution < 1.29 is 9.59 Å². The Balaban J connectivity index is 1.63. The van der Waals surface area contributed by atoms with E-state index in [-0.39, 0.29) is 18.2 Å². The van der Waals surface area contributed by atoms with Crippen LogP contribution in [0.25, 0.3) is 11.3 Å². The van der Waals surface area contributed by atoms with Gasteiger partial charge in [0, 0.05) is 28.6 Å². The van der Waals surface area contributed by atoms with Gasteiger partial charge in [-0.25, -0.2) is 4.98 Å². The summed E-state index contributed by atoms with van der Waals surface area (Å²) >= 11 is 13.4. The third kappa shape index (κ3) is 5.29. The first-order chi connectivity index (χ1) is 12.9. The third-order valence-electron chi connectivity index (χ3n) is 3.60. The normalized spacial score (nSPS) is 10.5. The van der Waals surface area contributed by atoms with Crippen molar-refractivity contribution in [1.82, 2.24) is 4.98 Å². The summed E-state index contributed by atoms with van der Waals surface area (Å²) in [4.78, 5) is 27.7. The Hall–Kier alpha value is -2.41. The molecule has 0 spiro atoms. The predicted octanol–water partition coefficient (Wildman–Crippen LogP) is 5.26. The fourth-order valence-corrected chi connectivity index (χ4v) is 3.64. The average Bonchev–Trinajstić information content (AvgIpc) is 3.04. The molecule has 2 N–H and O–H groups in total. The first kappa shape index (κ1) is 19.4. The number of aromatic nitrogens is 1. The van der Waals surface area contributed by atoms with Crippen LogP contribution < -0.4 is 10.6 Å². The monoisotopic (exact) mass is 419 g/mol. The predicted molar refractivity (Wildman–Crippen MR) is 111 cm³/mol. The Morgan fingerprint density at radius 2 is 1.81 bits per heavy atom. The highest BCUT2D eigenvalue weighted by Crippen LogP contribution is 2.32. The lowest BCUT2D eigenvalue weighted by atomic mass is 10.1. The standard InChI is InChI=1S/C19H15Cl2N3O2S/c1-11(25)22-14-5-2-12(3-6-14)8-18(26)24-19-23-17(10-27-19)15-7-4-13(20)9-16(15)21/h2-7,9-10H,8H2,1H3,(H,22,25)(H,23,24,26). The number of halogens is 2. The van der Waals surface area contributed by atoms with E-state index in [1.54, 1.807) is 42.5 Å². The summed E-state index contributed by atoms with van der Waals surface area (Å²) in [5.74, 6) is -0.314. The lowest BCUT2D eigenvalue weighted by Gasteiger charge is -2.05. The molecule has 27 heavy (non-hydrogen) atoms. The van der Waals surface area contributed by atoms with E-state index in [1.165, 1.54) is 18.3 Å². The summed E-state index contributed by atoms with van der Waals surface area (Å²) in [6, 6.07) is 12.3. The Kier molecular flexibility index (Phi) is 6.11. The van der Waals surface area contributed by atoms with Gasteiger partial charge >= 0.3 is 0 Å². The number of hydrogen-bond donors (Lipinski definition) is 2. The molecule has 0 unspecified atom stereocenters. The molecule has 1 heterocycles. The van der Waals surface area contributed by atoms with Crippen LogP contribution in [0, 0.1) is 0 Å². The number of rotatable bonds is 5. The molecular weight excluding hydrogens is 405 g/mol. The van der Waals surface area contributed by atoms with Crippen molar-refractivity contribution in [3.8, 4) is 11.3 Å². The Bertz CT molecular complexity index is 987. The van der Waals surface area contributed by atoms with Gasteiger partial charge in [-0.05, 0) is 35.9 Å². The minimum absolute atomic E-state index is 0.138. The second kappa shape index (κ2) is 8.52. The minimum atomic E-state index is -0.176. The Morgan fingerprint density at radius 1 is 1.07 bits per heavy atom. The Morgan fingerprint density at radius 3 is 2.48 bits per heavy atom. The molecule has 0 radical (unpaired) electrons. The zero-order valence-corrected chi connectivity index (χ0v) is 16.6. The number of anilines is 2. The molecule has 138 valence electrons. The van der Waals surface area contributed by atoms with E-state index >= 15 is 0 Å². The molecule has 0 bridgehead atoms. The molecule has 0 aliphatic carbocycles. The van der Waals surface area contributed by atoms with Gasteiger partial charge < -0.3 is 10.6 Å². The summed E-state index contributed by atoms with van der Waals surface area (Å²) < 4.78 is 0. The van der Waals surface area contributed by atoms with E-state index in [9.17, 15) is 9.59 Å². The highest BCUT2D eigenvalue weighted by Gasteiger charge is 2.11. The number of carbonyl (C=O) groups is 2. The van der Waals surface area contributed by atoms with Crippen LogP contribution in [0.1, 0.15) is 12.5 Å². The molecule has 0 aliphatic rings.